The van der Waals surface area contributed by atoms with E-state index < -0.39 is 5.97 Å². The summed E-state index contributed by atoms with van der Waals surface area (Å²) in [5.41, 5.74) is 4.86. The van der Waals surface area contributed by atoms with Crippen LogP contribution in [-0.2, 0) is 6.61 Å². The topological polar surface area (TPSA) is 62.2 Å². The van der Waals surface area contributed by atoms with Gasteiger partial charge in [-0.25, -0.2) is 4.98 Å². The van der Waals surface area contributed by atoms with E-state index in [2.05, 4.69) is 18.8 Å². The lowest BCUT2D eigenvalue weighted by Crippen LogP contribution is -2.21. The molecule has 0 radical (unpaired) electrons. The summed E-state index contributed by atoms with van der Waals surface area (Å²) in [7, 11) is 0. The highest BCUT2D eigenvalue weighted by atomic mass is 32.1. The largest absolute Gasteiger partial charge is 0.544 e. The van der Waals surface area contributed by atoms with Crippen LogP contribution in [0, 0.1) is 20.8 Å². The van der Waals surface area contributed by atoms with Crippen molar-refractivity contribution in [2.75, 3.05) is 0 Å². The molecule has 0 N–H and O–H groups in total. The highest BCUT2D eigenvalue weighted by molar-refractivity contribution is 7.17. The van der Waals surface area contributed by atoms with Crippen molar-refractivity contribution in [2.24, 2.45) is 0 Å². The summed E-state index contributed by atoms with van der Waals surface area (Å²) < 4.78 is 5.83. The molecule has 0 atom stereocenters. The number of ether oxygens (including phenoxy) is 1. The van der Waals surface area contributed by atoms with Crippen LogP contribution in [0.5, 0.6) is 5.75 Å². The maximum Gasteiger partial charge on any atom is 0.124 e. The van der Waals surface area contributed by atoms with Gasteiger partial charge in [-0.05, 0) is 49.6 Å². The van der Waals surface area contributed by atoms with Gasteiger partial charge in [0.25, 0.3) is 0 Å². The maximum atomic E-state index is 11.0. The minimum absolute atomic E-state index is 0.178. The zero-order chi connectivity index (χ0) is 18.0. The second kappa shape index (κ2) is 7.07. The predicted molar refractivity (Wildman–Crippen MR) is 96.9 cm³/mol. The number of aromatic nitrogens is 1. The molecule has 0 saturated carbocycles. The van der Waals surface area contributed by atoms with Gasteiger partial charge in [-0.1, -0.05) is 30.3 Å². The van der Waals surface area contributed by atoms with E-state index in [1.54, 1.807) is 6.92 Å². The molecule has 2 aromatic carbocycles. The average molecular weight is 352 g/mol. The Balaban J connectivity index is 1.70. The third-order valence-electron chi connectivity index (χ3n) is 4.07. The van der Waals surface area contributed by atoms with Gasteiger partial charge in [0.15, 0.2) is 0 Å². The number of nitrogens with zero attached hydrogens (tertiary/aromatic N) is 1. The van der Waals surface area contributed by atoms with E-state index in [0.717, 1.165) is 28.2 Å². The highest BCUT2D eigenvalue weighted by Gasteiger charge is 2.10. The van der Waals surface area contributed by atoms with Gasteiger partial charge in [0.2, 0.25) is 0 Å². The van der Waals surface area contributed by atoms with Crippen molar-refractivity contribution in [1.82, 2.24) is 4.98 Å². The number of aromatic carboxylic acids is 1. The number of carbonyl (C=O) groups excluding carboxylic acids is 1. The molecule has 0 aliphatic heterocycles. The SMILES string of the molecule is Cc1ccc(OCc2ccc(-c3nc(C)c(C(=O)[O-])s3)cc2)cc1C. The number of carboxylic acid groups (broad SMARTS) is 1. The molecule has 0 aliphatic rings. The summed E-state index contributed by atoms with van der Waals surface area (Å²) >= 11 is 1.14. The molecule has 3 aromatic rings. The fourth-order valence-electron chi connectivity index (χ4n) is 2.42. The summed E-state index contributed by atoms with van der Waals surface area (Å²) in [5.74, 6) is -0.332. The van der Waals surface area contributed by atoms with Crippen LogP contribution in [0.15, 0.2) is 42.5 Å². The van der Waals surface area contributed by atoms with E-state index in [1.165, 1.54) is 11.1 Å². The number of benzene rings is 2. The first-order chi connectivity index (χ1) is 11.9. The van der Waals surface area contributed by atoms with Crippen LogP contribution in [0.25, 0.3) is 10.6 Å². The van der Waals surface area contributed by atoms with Crippen LogP contribution < -0.4 is 9.84 Å². The van der Waals surface area contributed by atoms with Crippen LogP contribution >= 0.6 is 11.3 Å². The van der Waals surface area contributed by atoms with Gasteiger partial charge >= 0.3 is 0 Å². The van der Waals surface area contributed by atoms with Gasteiger partial charge in [-0.3, -0.25) is 0 Å². The number of rotatable bonds is 5. The van der Waals surface area contributed by atoms with Gasteiger partial charge in [0.05, 0.1) is 16.5 Å². The lowest BCUT2D eigenvalue weighted by Gasteiger charge is -2.09. The summed E-state index contributed by atoms with van der Waals surface area (Å²) in [6.07, 6.45) is 0. The number of aryl methyl sites for hydroxylation is 3. The lowest BCUT2D eigenvalue weighted by molar-refractivity contribution is -0.254. The van der Waals surface area contributed by atoms with Crippen LogP contribution in [-0.4, -0.2) is 11.0 Å². The standard InChI is InChI=1S/C20H19NO3S/c1-12-4-9-17(10-13(12)2)24-11-15-5-7-16(8-6-15)19-21-14(3)18(25-19)20(22)23/h4-10H,11H2,1-3H3,(H,22,23)/p-1. The first-order valence-electron chi connectivity index (χ1n) is 7.92. The number of hydrogen-bond acceptors (Lipinski definition) is 5. The zero-order valence-electron chi connectivity index (χ0n) is 14.3. The highest BCUT2D eigenvalue weighted by Crippen LogP contribution is 2.28. The summed E-state index contributed by atoms with van der Waals surface area (Å²) in [6, 6.07) is 13.8. The van der Waals surface area contributed by atoms with Crippen molar-refractivity contribution < 1.29 is 14.6 Å². The van der Waals surface area contributed by atoms with Crippen molar-refractivity contribution in [3.63, 3.8) is 0 Å². The summed E-state index contributed by atoms with van der Waals surface area (Å²) in [6.45, 7) is 6.29. The zero-order valence-corrected chi connectivity index (χ0v) is 15.1. The minimum atomic E-state index is -1.18. The fourth-order valence-corrected chi connectivity index (χ4v) is 3.33. The third-order valence-corrected chi connectivity index (χ3v) is 5.25. The first-order valence-corrected chi connectivity index (χ1v) is 8.74. The van der Waals surface area contributed by atoms with E-state index in [9.17, 15) is 9.90 Å². The molecule has 1 heterocycles. The van der Waals surface area contributed by atoms with E-state index >= 15 is 0 Å². The number of carbonyl (C=O) groups is 1. The van der Waals surface area contributed by atoms with E-state index in [0.29, 0.717) is 17.3 Å². The van der Waals surface area contributed by atoms with Gasteiger partial charge in [0, 0.05) is 5.56 Å². The molecule has 0 aliphatic carbocycles. The quantitative estimate of drug-likeness (QED) is 0.703. The Kier molecular flexibility index (Phi) is 4.86. The van der Waals surface area contributed by atoms with Gasteiger partial charge in [0.1, 0.15) is 17.4 Å². The Labute approximate surface area is 150 Å². The molecular weight excluding hydrogens is 334 g/mol. The number of hydrogen-bond donors (Lipinski definition) is 0. The molecule has 0 unspecified atom stereocenters. The number of thiazole rings is 1. The Morgan fingerprint density at radius 2 is 1.80 bits per heavy atom. The predicted octanol–water partition coefficient (Wildman–Crippen LogP) is 3.68. The molecule has 128 valence electrons. The first kappa shape index (κ1) is 17.2. The number of carboxylic acids is 1. The molecule has 0 spiro atoms. The molecule has 0 amide bonds. The van der Waals surface area contributed by atoms with Gasteiger partial charge < -0.3 is 14.6 Å². The van der Waals surface area contributed by atoms with Crippen LogP contribution in [0.1, 0.15) is 32.1 Å². The third kappa shape index (κ3) is 3.88. The summed E-state index contributed by atoms with van der Waals surface area (Å²) in [4.78, 5) is 15.5. The normalized spacial score (nSPS) is 10.7. The van der Waals surface area contributed by atoms with Gasteiger partial charge in [-0.2, -0.15) is 0 Å². The Morgan fingerprint density at radius 3 is 2.40 bits per heavy atom. The van der Waals surface area contributed by atoms with Crippen LogP contribution in [0.3, 0.4) is 0 Å². The fraction of sp³-hybridized carbons (Fsp3) is 0.200. The van der Waals surface area contributed by atoms with Gasteiger partial charge in [-0.15, -0.1) is 11.3 Å². The Morgan fingerprint density at radius 1 is 1.08 bits per heavy atom. The Hall–Kier alpha value is -2.66. The smallest absolute Gasteiger partial charge is 0.124 e. The maximum absolute atomic E-state index is 11.0. The van der Waals surface area contributed by atoms with E-state index in [-0.39, 0.29) is 4.88 Å². The monoisotopic (exact) mass is 352 g/mol. The van der Waals surface area contributed by atoms with Crippen molar-refractivity contribution in [3.05, 3.63) is 69.7 Å². The van der Waals surface area contributed by atoms with Crippen molar-refractivity contribution in [3.8, 4) is 16.3 Å². The summed E-state index contributed by atoms with van der Waals surface area (Å²) in [5, 5.41) is 11.7. The molecule has 4 nitrogen and oxygen atoms in total. The second-order valence-corrected chi connectivity index (χ2v) is 6.95. The molecule has 0 saturated heterocycles. The molecule has 5 heteroatoms. The molecule has 25 heavy (non-hydrogen) atoms. The molecular formula is C20H18NO3S-. The second-order valence-electron chi connectivity index (χ2n) is 5.95. The lowest BCUT2D eigenvalue weighted by atomic mass is 10.1. The molecule has 0 bridgehead atoms. The molecule has 3 rings (SSSR count). The van der Waals surface area contributed by atoms with Crippen LogP contribution in [0.2, 0.25) is 0 Å². The minimum Gasteiger partial charge on any atom is -0.544 e. The molecule has 1 aromatic heterocycles. The molecule has 0 fully saturated rings. The van der Waals surface area contributed by atoms with Crippen molar-refractivity contribution in [1.29, 1.82) is 0 Å². The van der Waals surface area contributed by atoms with Crippen molar-refractivity contribution in [2.45, 2.75) is 27.4 Å². The van der Waals surface area contributed by atoms with E-state index in [1.807, 2.05) is 42.5 Å². The van der Waals surface area contributed by atoms with E-state index in [4.69, 9.17) is 4.74 Å². The Bertz CT molecular complexity index is 913. The van der Waals surface area contributed by atoms with Crippen LogP contribution in [0.4, 0.5) is 0 Å². The average Bonchev–Trinajstić information content (AvgIpc) is 2.98. The van der Waals surface area contributed by atoms with Crippen molar-refractivity contribution >= 4 is 17.3 Å².